The van der Waals surface area contributed by atoms with Crippen molar-refractivity contribution in [3.8, 4) is 0 Å². The van der Waals surface area contributed by atoms with Crippen LogP contribution in [-0.2, 0) is 4.74 Å². The Labute approximate surface area is 340 Å². The quantitative estimate of drug-likeness (QED) is 0.0673. The zero-order chi connectivity index (χ0) is 39.3. The maximum Gasteiger partial charge on any atom is 0.129 e. The Morgan fingerprint density at radius 3 is 1.83 bits per heavy atom. The van der Waals surface area contributed by atoms with Gasteiger partial charge in [0.2, 0.25) is 0 Å². The van der Waals surface area contributed by atoms with Crippen LogP contribution in [0.1, 0.15) is 49.9 Å². The van der Waals surface area contributed by atoms with Gasteiger partial charge in [0.1, 0.15) is 22.1 Å². The number of fused-ring (bicyclic) bond motifs is 2. The summed E-state index contributed by atoms with van der Waals surface area (Å²) in [5.74, 6) is 0.481. The predicted molar refractivity (Wildman–Crippen MR) is 237 cm³/mol. The lowest BCUT2D eigenvalue weighted by Crippen LogP contribution is -2.42. The maximum atomic E-state index is 11.0. The molecule has 2 unspecified atom stereocenters. The molecule has 7 nitrogen and oxygen atoms in total. The van der Waals surface area contributed by atoms with Crippen molar-refractivity contribution in [1.82, 2.24) is 0 Å². The molecule has 12 heteroatoms. The maximum absolute atomic E-state index is 11.0. The van der Waals surface area contributed by atoms with Gasteiger partial charge in [0.15, 0.2) is 0 Å². The van der Waals surface area contributed by atoms with Gasteiger partial charge in [-0.1, -0.05) is 127 Å². The molecule has 2 aliphatic rings. The summed E-state index contributed by atoms with van der Waals surface area (Å²) in [4.78, 5) is 15.2. The molecule has 2 heterocycles. The average molecular weight is 820 g/mol. The van der Waals surface area contributed by atoms with Crippen molar-refractivity contribution in [2.45, 2.75) is 76.7 Å². The number of hydrogen-bond acceptors (Lipinski definition) is 8. The van der Waals surface area contributed by atoms with Crippen molar-refractivity contribution in [3.63, 3.8) is 0 Å². The van der Waals surface area contributed by atoms with Crippen molar-refractivity contribution < 1.29 is 14.9 Å². The Hall–Kier alpha value is -3.19. The molecule has 0 aromatic heterocycles. The van der Waals surface area contributed by atoms with E-state index in [4.69, 9.17) is 55.1 Å². The third-order valence-corrected chi connectivity index (χ3v) is 12.1. The molecule has 3 N–H and O–H groups in total. The fourth-order valence-electron chi connectivity index (χ4n) is 5.75. The van der Waals surface area contributed by atoms with Crippen molar-refractivity contribution in [2.24, 2.45) is 15.0 Å². The van der Waals surface area contributed by atoms with Crippen LogP contribution < -0.4 is 5.32 Å². The lowest BCUT2D eigenvalue weighted by atomic mass is 9.98. The normalized spacial score (nSPS) is 17.3. The summed E-state index contributed by atoms with van der Waals surface area (Å²) >= 11 is 19.5. The van der Waals surface area contributed by atoms with Gasteiger partial charge in [-0.3, -0.25) is 9.98 Å². The minimum Gasteiger partial charge on any atom is -0.388 e. The molecule has 2 atom stereocenters. The molecule has 0 radical (unpaired) electrons. The van der Waals surface area contributed by atoms with E-state index in [1.54, 1.807) is 27.7 Å². The van der Waals surface area contributed by atoms with Gasteiger partial charge in [-0.2, -0.15) is 0 Å². The molecule has 0 saturated carbocycles. The van der Waals surface area contributed by atoms with E-state index < -0.39 is 31.4 Å². The van der Waals surface area contributed by atoms with Gasteiger partial charge in [0.25, 0.3) is 0 Å². The predicted octanol–water partition coefficient (Wildman–Crippen LogP) is 10.5. The minimum atomic E-state index is -1.14. The summed E-state index contributed by atoms with van der Waals surface area (Å²) in [6.07, 6.45) is 0. The number of nitrogens with one attached hydrogen (secondary N) is 1. The SMILES string of the molecule is CC(C)(O)C1N=C(c2ccccc2)c2cc(Cl)ccc2N=C1SCOCC[Si](C)(C)C.CC(C)(O)C1N=C(c2ccccc2)c2cc(Cl)ccc2NC1=S. The monoisotopic (exact) mass is 818 g/mol. The first kappa shape index (κ1) is 42.0. The summed E-state index contributed by atoms with van der Waals surface area (Å²) in [5.41, 5.74) is 4.68. The highest BCUT2D eigenvalue weighted by atomic mass is 35.5. The van der Waals surface area contributed by atoms with Gasteiger partial charge < -0.3 is 20.3 Å². The fraction of sp³-hybridized carbons (Fsp3) is 0.333. The summed E-state index contributed by atoms with van der Waals surface area (Å²) in [6.45, 7) is 14.7. The number of ether oxygens (including phenoxy) is 1. The number of thiocarbonyl (C=S) groups is 1. The summed E-state index contributed by atoms with van der Waals surface area (Å²) in [7, 11) is -1.14. The number of halogens is 2. The molecule has 54 heavy (non-hydrogen) atoms. The van der Waals surface area contributed by atoms with Crippen LogP contribution in [0.15, 0.2) is 112 Å². The fourth-order valence-corrected chi connectivity index (χ4v) is 8.29. The van der Waals surface area contributed by atoms with E-state index in [2.05, 4.69) is 25.0 Å². The van der Waals surface area contributed by atoms with Gasteiger partial charge in [0.05, 0.1) is 34.3 Å². The molecule has 0 bridgehead atoms. The van der Waals surface area contributed by atoms with Gasteiger partial charge in [-0.25, -0.2) is 4.99 Å². The number of nitrogens with zero attached hydrogens (tertiary/aromatic N) is 3. The third kappa shape index (κ3) is 11.2. The van der Waals surface area contributed by atoms with E-state index in [9.17, 15) is 10.2 Å². The lowest BCUT2D eigenvalue weighted by molar-refractivity contribution is 0.0738. The Morgan fingerprint density at radius 2 is 1.28 bits per heavy atom. The number of hydrogen-bond donors (Lipinski definition) is 3. The highest BCUT2D eigenvalue weighted by Crippen LogP contribution is 2.35. The number of anilines is 1. The Kier molecular flexibility index (Phi) is 13.8. The first-order chi connectivity index (χ1) is 25.4. The van der Waals surface area contributed by atoms with E-state index in [1.807, 2.05) is 97.1 Å². The van der Waals surface area contributed by atoms with E-state index >= 15 is 0 Å². The summed E-state index contributed by atoms with van der Waals surface area (Å²) in [5, 5.41) is 26.7. The van der Waals surface area contributed by atoms with Crippen molar-refractivity contribution in [1.29, 1.82) is 0 Å². The number of benzene rings is 4. The highest BCUT2D eigenvalue weighted by molar-refractivity contribution is 8.14. The first-order valence-corrected chi connectivity index (χ1v) is 23.7. The van der Waals surface area contributed by atoms with Crippen molar-refractivity contribution in [2.75, 3.05) is 17.9 Å². The molecule has 0 spiro atoms. The molecule has 6 rings (SSSR count). The summed E-state index contributed by atoms with van der Waals surface area (Å²) in [6, 6.07) is 31.1. The van der Waals surface area contributed by atoms with Crippen LogP contribution in [0.5, 0.6) is 0 Å². The second-order valence-electron chi connectivity index (χ2n) is 15.6. The number of rotatable bonds is 9. The topological polar surface area (TPSA) is 98.8 Å². The average Bonchev–Trinajstić information content (AvgIpc) is 3.36. The van der Waals surface area contributed by atoms with E-state index in [1.165, 1.54) is 11.8 Å². The third-order valence-electron chi connectivity index (χ3n) is 8.66. The van der Waals surface area contributed by atoms with Crippen LogP contribution in [0.25, 0.3) is 0 Å². The van der Waals surface area contributed by atoms with Gasteiger partial charge in [-0.15, -0.1) is 0 Å². The summed E-state index contributed by atoms with van der Waals surface area (Å²) < 4.78 is 5.90. The van der Waals surface area contributed by atoms with E-state index in [0.717, 1.165) is 62.7 Å². The molecule has 0 amide bonds. The van der Waals surface area contributed by atoms with Crippen LogP contribution >= 0.6 is 47.2 Å². The molecule has 0 aliphatic carbocycles. The molecule has 0 fully saturated rings. The zero-order valence-corrected chi connectivity index (χ0v) is 35.9. The van der Waals surface area contributed by atoms with E-state index in [-0.39, 0.29) is 0 Å². The minimum absolute atomic E-state index is 0.481. The molecule has 4 aromatic carbocycles. The second kappa shape index (κ2) is 17.7. The number of thioether (sulfide) groups is 1. The van der Waals surface area contributed by atoms with Crippen molar-refractivity contribution >= 4 is 88.1 Å². The number of benzodiazepines with no additional fused rings is 1. The van der Waals surface area contributed by atoms with Crippen LogP contribution in [0.4, 0.5) is 11.4 Å². The number of aliphatic hydroxyl groups is 2. The molecule has 284 valence electrons. The molecular weight excluding hydrogens is 772 g/mol. The number of aliphatic imine (C=N–C) groups is 3. The van der Waals surface area contributed by atoms with Crippen LogP contribution in [0.2, 0.25) is 35.7 Å². The lowest BCUT2D eigenvalue weighted by Gasteiger charge is -2.27. The Balaban J connectivity index is 0.000000217. The Morgan fingerprint density at radius 1 is 0.759 bits per heavy atom. The smallest absolute Gasteiger partial charge is 0.129 e. The molecular formula is C42H48Cl2N4O3S2Si. The molecule has 2 aliphatic heterocycles. The standard InChI is InChI=1S/C24H31ClN2O2SSi.C18H17ClN2OS/c1-24(2,28)22-23(30-16-29-13-14-31(3,4)5)26-20-12-11-18(25)15-19(20)21(27-22)17-9-7-6-8-10-17;1-18(2,22)16-17(23)20-14-9-8-12(19)10-13(14)15(21-16)11-6-4-3-5-7-11/h6-12,15,22,28H,13-14,16H2,1-5H3;3-10,16,22H,1-2H3,(H,20,23). The molecule has 0 saturated heterocycles. The van der Waals surface area contributed by atoms with Crippen LogP contribution in [-0.4, -0.2) is 75.6 Å². The van der Waals surface area contributed by atoms with Crippen LogP contribution in [0.3, 0.4) is 0 Å². The van der Waals surface area contributed by atoms with E-state index in [0.29, 0.717) is 21.0 Å². The van der Waals surface area contributed by atoms with Crippen LogP contribution in [0, 0.1) is 0 Å². The zero-order valence-electron chi connectivity index (χ0n) is 31.7. The second-order valence-corrected chi connectivity index (χ2v) is 23.4. The van der Waals surface area contributed by atoms with Gasteiger partial charge in [-0.05, 0) is 70.1 Å². The first-order valence-electron chi connectivity index (χ1n) is 17.8. The van der Waals surface area contributed by atoms with Crippen molar-refractivity contribution in [3.05, 3.63) is 129 Å². The van der Waals surface area contributed by atoms with Gasteiger partial charge in [0, 0.05) is 52.7 Å². The highest BCUT2D eigenvalue weighted by Gasteiger charge is 2.36. The van der Waals surface area contributed by atoms with Gasteiger partial charge >= 0.3 is 0 Å². The molecule has 4 aromatic rings. The largest absolute Gasteiger partial charge is 0.388 e. The Bertz CT molecular complexity index is 2040.